The van der Waals surface area contributed by atoms with Crippen LogP contribution in [0.15, 0.2) is 12.4 Å². The number of carbonyl (C=O) groups is 1. The molecular formula is C8H14N4O. The van der Waals surface area contributed by atoms with Crippen molar-refractivity contribution in [3.05, 3.63) is 18.0 Å². The highest BCUT2D eigenvalue weighted by Crippen LogP contribution is 1.94. The highest BCUT2D eigenvalue weighted by Gasteiger charge is 2.05. The lowest BCUT2D eigenvalue weighted by atomic mass is 10.3. The Kier molecular flexibility index (Phi) is 3.45. The highest BCUT2D eigenvalue weighted by molar-refractivity contribution is 5.93. The third-order valence-corrected chi connectivity index (χ3v) is 1.63. The van der Waals surface area contributed by atoms with Crippen LogP contribution in [0.1, 0.15) is 10.4 Å². The molecule has 0 radical (unpaired) electrons. The Labute approximate surface area is 77.1 Å². The maximum absolute atomic E-state index is 11.3. The van der Waals surface area contributed by atoms with Crippen molar-refractivity contribution in [3.8, 4) is 0 Å². The van der Waals surface area contributed by atoms with E-state index in [-0.39, 0.29) is 5.91 Å². The Morgan fingerprint density at radius 1 is 1.62 bits per heavy atom. The largest absolute Gasteiger partial charge is 0.351 e. The molecule has 0 aromatic carbocycles. The lowest BCUT2D eigenvalue weighted by molar-refractivity contribution is 0.0954. The van der Waals surface area contributed by atoms with Crippen LogP contribution in [0.4, 0.5) is 0 Å². The van der Waals surface area contributed by atoms with Crippen LogP contribution in [0.25, 0.3) is 0 Å². The van der Waals surface area contributed by atoms with Crippen LogP contribution in [-0.2, 0) is 7.05 Å². The first kappa shape index (κ1) is 9.73. The summed E-state index contributed by atoms with van der Waals surface area (Å²) in [4.78, 5) is 11.3. The van der Waals surface area contributed by atoms with Gasteiger partial charge in [0.2, 0.25) is 0 Å². The van der Waals surface area contributed by atoms with E-state index in [0.717, 1.165) is 6.54 Å². The molecule has 0 aliphatic carbocycles. The lowest BCUT2D eigenvalue weighted by Crippen LogP contribution is -2.30. The van der Waals surface area contributed by atoms with Crippen LogP contribution < -0.4 is 10.6 Å². The minimum Gasteiger partial charge on any atom is -0.351 e. The molecule has 13 heavy (non-hydrogen) atoms. The zero-order valence-corrected chi connectivity index (χ0v) is 7.87. The molecule has 1 heterocycles. The standard InChI is InChI=1S/C8H14N4O/c1-9-3-4-10-8(13)7-5-11-12(2)6-7/h5-6,9H,3-4H2,1-2H3,(H,10,13). The summed E-state index contributed by atoms with van der Waals surface area (Å²) in [5.41, 5.74) is 0.596. The van der Waals surface area contributed by atoms with Crippen molar-refractivity contribution in [2.45, 2.75) is 0 Å². The maximum Gasteiger partial charge on any atom is 0.254 e. The van der Waals surface area contributed by atoms with Gasteiger partial charge in [-0.25, -0.2) is 0 Å². The van der Waals surface area contributed by atoms with Crippen LogP contribution in [0.2, 0.25) is 0 Å². The van der Waals surface area contributed by atoms with E-state index < -0.39 is 0 Å². The molecule has 1 aromatic heterocycles. The van der Waals surface area contributed by atoms with Crippen LogP contribution >= 0.6 is 0 Å². The van der Waals surface area contributed by atoms with Gasteiger partial charge in [0.15, 0.2) is 0 Å². The average molecular weight is 182 g/mol. The summed E-state index contributed by atoms with van der Waals surface area (Å²) in [5, 5.41) is 9.61. The molecule has 1 amide bonds. The van der Waals surface area contributed by atoms with Gasteiger partial charge >= 0.3 is 0 Å². The summed E-state index contributed by atoms with van der Waals surface area (Å²) in [6, 6.07) is 0. The number of hydrogen-bond donors (Lipinski definition) is 2. The van der Waals surface area contributed by atoms with Gasteiger partial charge in [0.25, 0.3) is 5.91 Å². The second-order valence-corrected chi connectivity index (χ2v) is 2.76. The number of hydrogen-bond acceptors (Lipinski definition) is 3. The van der Waals surface area contributed by atoms with E-state index in [4.69, 9.17) is 0 Å². The van der Waals surface area contributed by atoms with E-state index in [2.05, 4.69) is 15.7 Å². The first-order valence-electron chi connectivity index (χ1n) is 4.15. The molecule has 1 aromatic rings. The van der Waals surface area contributed by atoms with Crippen LogP contribution in [0, 0.1) is 0 Å². The quantitative estimate of drug-likeness (QED) is 0.609. The molecule has 0 unspecified atom stereocenters. The number of aromatic nitrogens is 2. The lowest BCUT2D eigenvalue weighted by Gasteiger charge is -2.01. The van der Waals surface area contributed by atoms with Gasteiger partial charge in [-0.15, -0.1) is 0 Å². The van der Waals surface area contributed by atoms with Crippen molar-refractivity contribution >= 4 is 5.91 Å². The number of rotatable bonds is 4. The van der Waals surface area contributed by atoms with Crippen molar-refractivity contribution in [1.82, 2.24) is 20.4 Å². The predicted octanol–water partition coefficient (Wildman–Crippen LogP) is -0.631. The Hall–Kier alpha value is -1.36. The van der Waals surface area contributed by atoms with Crippen molar-refractivity contribution in [1.29, 1.82) is 0 Å². The van der Waals surface area contributed by atoms with Gasteiger partial charge < -0.3 is 10.6 Å². The van der Waals surface area contributed by atoms with Gasteiger partial charge in [-0.05, 0) is 7.05 Å². The van der Waals surface area contributed by atoms with E-state index in [1.54, 1.807) is 24.1 Å². The fraction of sp³-hybridized carbons (Fsp3) is 0.500. The Morgan fingerprint density at radius 3 is 2.92 bits per heavy atom. The van der Waals surface area contributed by atoms with Crippen molar-refractivity contribution in [2.75, 3.05) is 20.1 Å². The van der Waals surface area contributed by atoms with Crippen LogP contribution in [0.3, 0.4) is 0 Å². The molecule has 0 bridgehead atoms. The third-order valence-electron chi connectivity index (χ3n) is 1.63. The molecule has 0 saturated heterocycles. The SMILES string of the molecule is CNCCNC(=O)c1cnn(C)c1. The number of nitrogens with zero attached hydrogens (tertiary/aromatic N) is 2. The minimum absolute atomic E-state index is 0.0802. The topological polar surface area (TPSA) is 58.9 Å². The highest BCUT2D eigenvalue weighted by atomic mass is 16.1. The first-order chi connectivity index (χ1) is 6.24. The molecule has 0 fully saturated rings. The molecule has 0 aliphatic rings. The zero-order valence-electron chi connectivity index (χ0n) is 7.87. The summed E-state index contributed by atoms with van der Waals surface area (Å²) in [6.07, 6.45) is 3.24. The monoisotopic (exact) mass is 182 g/mol. The molecule has 2 N–H and O–H groups in total. The number of carbonyl (C=O) groups excluding carboxylic acids is 1. The molecule has 0 aliphatic heterocycles. The summed E-state index contributed by atoms with van der Waals surface area (Å²) in [6.45, 7) is 1.40. The second kappa shape index (κ2) is 4.61. The molecule has 5 heteroatoms. The molecule has 5 nitrogen and oxygen atoms in total. The van der Waals surface area contributed by atoms with E-state index in [0.29, 0.717) is 12.1 Å². The first-order valence-corrected chi connectivity index (χ1v) is 4.15. The molecule has 0 spiro atoms. The minimum atomic E-state index is -0.0802. The van der Waals surface area contributed by atoms with Gasteiger partial charge in [0.1, 0.15) is 0 Å². The summed E-state index contributed by atoms with van der Waals surface area (Å²) in [7, 11) is 3.63. The Balaban J connectivity index is 2.40. The zero-order chi connectivity index (χ0) is 9.68. The number of nitrogens with one attached hydrogen (secondary N) is 2. The molecule has 0 saturated carbocycles. The van der Waals surface area contributed by atoms with E-state index in [1.807, 2.05) is 7.05 Å². The maximum atomic E-state index is 11.3. The fourth-order valence-electron chi connectivity index (χ4n) is 0.942. The van der Waals surface area contributed by atoms with Gasteiger partial charge in [-0.1, -0.05) is 0 Å². The molecule has 72 valence electrons. The molecule has 0 atom stereocenters. The fourth-order valence-corrected chi connectivity index (χ4v) is 0.942. The smallest absolute Gasteiger partial charge is 0.254 e. The van der Waals surface area contributed by atoms with Gasteiger partial charge in [0.05, 0.1) is 11.8 Å². The van der Waals surface area contributed by atoms with E-state index in [1.165, 1.54) is 0 Å². The van der Waals surface area contributed by atoms with Gasteiger partial charge in [-0.3, -0.25) is 9.48 Å². The normalized spacial score (nSPS) is 10.0. The Bertz CT molecular complexity index is 281. The average Bonchev–Trinajstić information content (AvgIpc) is 2.52. The number of likely N-dealkylation sites (N-methyl/N-ethyl adjacent to an activating group) is 1. The number of aryl methyl sites for hydroxylation is 1. The van der Waals surface area contributed by atoms with Crippen LogP contribution in [0.5, 0.6) is 0 Å². The Morgan fingerprint density at radius 2 is 2.38 bits per heavy atom. The molecular weight excluding hydrogens is 168 g/mol. The van der Waals surface area contributed by atoms with Crippen molar-refractivity contribution in [3.63, 3.8) is 0 Å². The van der Waals surface area contributed by atoms with Crippen molar-refractivity contribution < 1.29 is 4.79 Å². The summed E-state index contributed by atoms with van der Waals surface area (Å²) < 4.78 is 1.60. The van der Waals surface area contributed by atoms with E-state index in [9.17, 15) is 4.79 Å². The van der Waals surface area contributed by atoms with Crippen LogP contribution in [-0.4, -0.2) is 35.8 Å². The van der Waals surface area contributed by atoms with Crippen molar-refractivity contribution in [2.24, 2.45) is 7.05 Å². The molecule has 1 rings (SSSR count). The third kappa shape index (κ3) is 2.87. The second-order valence-electron chi connectivity index (χ2n) is 2.76. The summed E-state index contributed by atoms with van der Waals surface area (Å²) >= 11 is 0. The summed E-state index contributed by atoms with van der Waals surface area (Å²) in [5.74, 6) is -0.0802. The van der Waals surface area contributed by atoms with Gasteiger partial charge in [-0.2, -0.15) is 5.10 Å². The van der Waals surface area contributed by atoms with Gasteiger partial charge in [0, 0.05) is 26.3 Å². The number of amides is 1. The van der Waals surface area contributed by atoms with E-state index >= 15 is 0 Å². The predicted molar refractivity (Wildman–Crippen MR) is 49.5 cm³/mol.